The van der Waals surface area contributed by atoms with E-state index in [1.165, 1.54) is 6.92 Å². The van der Waals surface area contributed by atoms with Crippen molar-refractivity contribution in [1.29, 1.82) is 0 Å². The maximum absolute atomic E-state index is 12.1. The fraction of sp³-hybridized carbons (Fsp3) is 0.737. The molecule has 11 heteroatoms. The van der Waals surface area contributed by atoms with Gasteiger partial charge < -0.3 is 29.9 Å². The molecule has 0 spiro atoms. The van der Waals surface area contributed by atoms with Gasteiger partial charge in [-0.05, 0) is 48.0 Å². The monoisotopic (exact) mass is 427 g/mol. The van der Waals surface area contributed by atoms with Crippen molar-refractivity contribution in [2.45, 2.75) is 85.0 Å². The van der Waals surface area contributed by atoms with Gasteiger partial charge in [-0.1, -0.05) is 18.5 Å². The molecule has 170 valence electrons. The predicted molar refractivity (Wildman–Crippen MR) is 107 cm³/mol. The Kier molecular flexibility index (Phi) is 9.54. The smallest absolute Gasteiger partial charge is 0.408 e. The number of carbonyl (C=O) groups excluding carboxylic acids is 3. The van der Waals surface area contributed by atoms with Crippen molar-refractivity contribution >= 4 is 18.1 Å². The van der Waals surface area contributed by atoms with Crippen molar-refractivity contribution in [3.8, 4) is 0 Å². The van der Waals surface area contributed by atoms with Crippen LogP contribution in [0.4, 0.5) is 9.59 Å². The normalized spacial score (nSPS) is 14.2. The third-order valence-electron chi connectivity index (χ3n) is 3.74. The second kappa shape index (κ2) is 11.4. The van der Waals surface area contributed by atoms with Crippen molar-refractivity contribution in [2.24, 2.45) is 0 Å². The van der Waals surface area contributed by atoms with Gasteiger partial charge in [0.05, 0.1) is 12.6 Å². The fourth-order valence-electron chi connectivity index (χ4n) is 2.15. The Hall–Kier alpha value is -2.85. The molecule has 1 heterocycles. The van der Waals surface area contributed by atoms with Gasteiger partial charge in [0.2, 0.25) is 5.89 Å². The average molecular weight is 428 g/mol. The highest BCUT2D eigenvalue weighted by molar-refractivity contribution is 5.83. The highest BCUT2D eigenvalue weighted by Gasteiger charge is 2.24. The maximum Gasteiger partial charge on any atom is 0.408 e. The van der Waals surface area contributed by atoms with E-state index in [0.29, 0.717) is 6.61 Å². The number of alkyl carbamates (subject to hydrolysis) is 1. The number of urea groups is 1. The SMILES string of the molecule is CCCCOC(=O)[C@H](C)NC(=O)N[C@@H](C)c1nc([C@H](C)NC(=O)OC(C)(C)C)no1. The first-order valence-electron chi connectivity index (χ1n) is 9.99. The Labute approximate surface area is 176 Å². The lowest BCUT2D eigenvalue weighted by atomic mass is 10.2. The van der Waals surface area contributed by atoms with Gasteiger partial charge in [0.1, 0.15) is 17.7 Å². The Balaban J connectivity index is 2.54. The quantitative estimate of drug-likeness (QED) is 0.403. The summed E-state index contributed by atoms with van der Waals surface area (Å²) in [5.41, 5.74) is -0.627. The number of nitrogens with one attached hydrogen (secondary N) is 3. The van der Waals surface area contributed by atoms with Crippen LogP contribution in [0.3, 0.4) is 0 Å². The molecule has 0 radical (unpaired) electrons. The summed E-state index contributed by atoms with van der Waals surface area (Å²) in [5, 5.41) is 11.5. The first-order chi connectivity index (χ1) is 13.9. The highest BCUT2D eigenvalue weighted by atomic mass is 16.6. The summed E-state index contributed by atoms with van der Waals surface area (Å²) in [7, 11) is 0. The van der Waals surface area contributed by atoms with E-state index < -0.39 is 41.8 Å². The van der Waals surface area contributed by atoms with Crippen LogP contribution in [0, 0.1) is 0 Å². The van der Waals surface area contributed by atoms with E-state index >= 15 is 0 Å². The molecule has 0 bridgehead atoms. The van der Waals surface area contributed by atoms with Gasteiger partial charge in [0.15, 0.2) is 5.82 Å². The molecule has 0 fully saturated rings. The van der Waals surface area contributed by atoms with E-state index in [1.807, 2.05) is 6.92 Å². The number of ether oxygens (including phenoxy) is 2. The van der Waals surface area contributed by atoms with E-state index in [1.54, 1.807) is 34.6 Å². The Morgan fingerprint density at radius 3 is 2.33 bits per heavy atom. The number of amides is 3. The van der Waals surface area contributed by atoms with Crippen molar-refractivity contribution < 1.29 is 28.4 Å². The van der Waals surface area contributed by atoms with Crippen molar-refractivity contribution in [1.82, 2.24) is 26.1 Å². The maximum atomic E-state index is 12.1. The fourth-order valence-corrected chi connectivity index (χ4v) is 2.15. The molecular formula is C19H33N5O6. The molecule has 30 heavy (non-hydrogen) atoms. The molecule has 11 nitrogen and oxygen atoms in total. The molecule has 0 saturated carbocycles. The summed E-state index contributed by atoms with van der Waals surface area (Å²) < 4.78 is 15.4. The molecule has 0 aromatic carbocycles. The second-order valence-corrected chi connectivity index (χ2v) is 7.94. The summed E-state index contributed by atoms with van der Waals surface area (Å²) >= 11 is 0. The van der Waals surface area contributed by atoms with Crippen LogP contribution in [-0.4, -0.2) is 46.5 Å². The summed E-state index contributed by atoms with van der Waals surface area (Å²) in [6.45, 7) is 12.4. The number of nitrogens with zero attached hydrogens (tertiary/aromatic N) is 2. The Morgan fingerprint density at radius 2 is 1.73 bits per heavy atom. The average Bonchev–Trinajstić information content (AvgIpc) is 3.10. The number of rotatable bonds is 9. The summed E-state index contributed by atoms with van der Waals surface area (Å²) in [6.07, 6.45) is 1.07. The van der Waals surface area contributed by atoms with Gasteiger partial charge in [-0.25, -0.2) is 14.4 Å². The first kappa shape index (κ1) is 25.2. The number of hydrogen-bond acceptors (Lipinski definition) is 8. The van der Waals surface area contributed by atoms with Crippen LogP contribution in [-0.2, 0) is 14.3 Å². The molecule has 3 atom stereocenters. The lowest BCUT2D eigenvalue weighted by molar-refractivity contribution is -0.145. The van der Waals surface area contributed by atoms with Crippen molar-refractivity contribution in [3.05, 3.63) is 11.7 Å². The molecule has 1 rings (SSSR count). The number of hydrogen-bond donors (Lipinski definition) is 3. The third kappa shape index (κ3) is 9.10. The van der Waals surface area contributed by atoms with E-state index in [4.69, 9.17) is 14.0 Å². The molecule has 1 aromatic rings. The molecule has 0 saturated heterocycles. The van der Waals surface area contributed by atoms with E-state index in [2.05, 4.69) is 26.1 Å². The Morgan fingerprint density at radius 1 is 1.07 bits per heavy atom. The van der Waals surface area contributed by atoms with Crippen LogP contribution in [0.15, 0.2) is 4.52 Å². The minimum Gasteiger partial charge on any atom is -0.464 e. The van der Waals surface area contributed by atoms with Crippen LogP contribution < -0.4 is 16.0 Å². The zero-order chi connectivity index (χ0) is 22.9. The summed E-state index contributed by atoms with van der Waals surface area (Å²) in [4.78, 5) is 40.0. The van der Waals surface area contributed by atoms with E-state index in [0.717, 1.165) is 12.8 Å². The molecule has 3 N–H and O–H groups in total. The zero-order valence-corrected chi connectivity index (χ0v) is 18.7. The molecule has 0 aliphatic rings. The van der Waals surface area contributed by atoms with Gasteiger partial charge in [-0.3, -0.25) is 0 Å². The minimum absolute atomic E-state index is 0.149. The molecule has 0 unspecified atom stereocenters. The topological polar surface area (TPSA) is 145 Å². The Bertz CT molecular complexity index is 715. The van der Waals surface area contributed by atoms with Crippen LogP contribution in [0.5, 0.6) is 0 Å². The largest absolute Gasteiger partial charge is 0.464 e. The lowest BCUT2D eigenvalue weighted by Gasteiger charge is -2.20. The van der Waals surface area contributed by atoms with Gasteiger partial charge in [0.25, 0.3) is 0 Å². The third-order valence-corrected chi connectivity index (χ3v) is 3.74. The highest BCUT2D eigenvalue weighted by Crippen LogP contribution is 2.15. The number of aromatic nitrogens is 2. The number of esters is 1. The van der Waals surface area contributed by atoms with Gasteiger partial charge in [-0.2, -0.15) is 4.98 Å². The molecule has 0 aliphatic carbocycles. The zero-order valence-electron chi connectivity index (χ0n) is 18.7. The van der Waals surface area contributed by atoms with Crippen LogP contribution in [0.2, 0.25) is 0 Å². The lowest BCUT2D eigenvalue weighted by Crippen LogP contribution is -2.45. The van der Waals surface area contributed by atoms with Gasteiger partial charge in [0, 0.05) is 0 Å². The molecule has 3 amide bonds. The summed E-state index contributed by atoms with van der Waals surface area (Å²) in [5.74, 6) is -0.123. The van der Waals surface area contributed by atoms with Crippen LogP contribution in [0.1, 0.15) is 85.1 Å². The molecule has 0 aliphatic heterocycles. The van der Waals surface area contributed by atoms with Gasteiger partial charge in [-0.15, -0.1) is 0 Å². The second-order valence-electron chi connectivity index (χ2n) is 7.94. The van der Waals surface area contributed by atoms with E-state index in [9.17, 15) is 14.4 Å². The van der Waals surface area contributed by atoms with E-state index in [-0.39, 0.29) is 11.7 Å². The number of carbonyl (C=O) groups is 3. The van der Waals surface area contributed by atoms with Crippen molar-refractivity contribution in [3.63, 3.8) is 0 Å². The predicted octanol–water partition coefficient (Wildman–Crippen LogP) is 2.75. The first-order valence-corrected chi connectivity index (χ1v) is 9.99. The summed E-state index contributed by atoms with van der Waals surface area (Å²) in [6, 6.07) is -2.56. The molecular weight excluding hydrogens is 394 g/mol. The van der Waals surface area contributed by atoms with Crippen LogP contribution >= 0.6 is 0 Å². The van der Waals surface area contributed by atoms with Crippen molar-refractivity contribution in [2.75, 3.05) is 6.61 Å². The van der Waals surface area contributed by atoms with Crippen LogP contribution in [0.25, 0.3) is 0 Å². The molecule has 1 aromatic heterocycles. The standard InChI is InChI=1S/C19H33N5O6/c1-8-9-10-28-16(25)13(4)21-17(26)20-12(3)15-23-14(24-30-15)11(2)22-18(27)29-19(5,6)7/h11-13H,8-10H2,1-7H3,(H,22,27)(H2,20,21,26)/t11-,12-,13-/m0/s1. The minimum atomic E-state index is -0.801. The number of unbranched alkanes of at least 4 members (excludes halogenated alkanes) is 1. The van der Waals surface area contributed by atoms with Gasteiger partial charge >= 0.3 is 18.1 Å².